The lowest BCUT2D eigenvalue weighted by molar-refractivity contribution is -0.862. The Morgan fingerprint density at radius 2 is 1.70 bits per heavy atom. The number of carbonyl (C=O) groups is 3. The zero-order chi connectivity index (χ0) is 17.2. The number of ether oxygens (including phenoxy) is 1. The van der Waals surface area contributed by atoms with Gasteiger partial charge in [0.15, 0.2) is 13.1 Å². The molecule has 0 saturated heterocycles. The highest BCUT2D eigenvalue weighted by atomic mass is 16.5. The molecule has 23 heavy (non-hydrogen) atoms. The smallest absolute Gasteiger partial charge is 0.321 e. The van der Waals surface area contributed by atoms with Crippen molar-refractivity contribution in [2.75, 3.05) is 39.1 Å². The number of anilines is 1. The van der Waals surface area contributed by atoms with Gasteiger partial charge in [-0.3, -0.25) is 14.9 Å². The zero-order valence-electron chi connectivity index (χ0n) is 13.6. The van der Waals surface area contributed by atoms with E-state index < -0.39 is 11.9 Å². The highest BCUT2D eigenvalue weighted by molar-refractivity contribution is 5.95. The van der Waals surface area contributed by atoms with Gasteiger partial charge < -0.3 is 20.3 Å². The van der Waals surface area contributed by atoms with E-state index in [9.17, 15) is 14.4 Å². The molecule has 0 aromatic heterocycles. The van der Waals surface area contributed by atoms with Crippen LogP contribution in [0.2, 0.25) is 0 Å². The summed E-state index contributed by atoms with van der Waals surface area (Å²) in [5.74, 6) is 0.0388. The van der Waals surface area contributed by atoms with E-state index in [-0.39, 0.29) is 19.0 Å². The van der Waals surface area contributed by atoms with Gasteiger partial charge in [0, 0.05) is 12.2 Å². The Bertz CT molecular complexity index is 545. The van der Waals surface area contributed by atoms with E-state index in [0.717, 1.165) is 0 Å². The Kier molecular flexibility index (Phi) is 7.55. The molecule has 4 amide bonds. The number of imide groups is 1. The van der Waals surface area contributed by atoms with Gasteiger partial charge in [-0.1, -0.05) is 0 Å². The van der Waals surface area contributed by atoms with Crippen molar-refractivity contribution in [3.05, 3.63) is 24.3 Å². The summed E-state index contributed by atoms with van der Waals surface area (Å²) in [5.41, 5.74) is 0.648. The van der Waals surface area contributed by atoms with E-state index in [1.54, 1.807) is 45.3 Å². The largest absolute Gasteiger partial charge is 0.497 e. The zero-order valence-corrected chi connectivity index (χ0v) is 13.6. The van der Waals surface area contributed by atoms with Crippen LogP contribution in [0.4, 0.5) is 10.5 Å². The number of benzene rings is 1. The fraction of sp³-hybridized carbons (Fsp3) is 0.400. The Morgan fingerprint density at radius 1 is 1.09 bits per heavy atom. The lowest BCUT2D eigenvalue weighted by Crippen LogP contribution is -3.11. The molecule has 0 fully saturated rings. The second-order valence-corrected chi connectivity index (χ2v) is 4.99. The standard InChI is InChI=1S/C15H22N4O4/c1-4-16-15(22)18-14(21)10-19(2)9-13(20)17-11-5-7-12(23-3)8-6-11/h5-8H,4,9-10H2,1-3H3,(H,17,20)(H2,16,18,21,22)/p+1. The number of likely N-dealkylation sites (N-methyl/N-ethyl adjacent to an activating group) is 1. The molecule has 0 aliphatic heterocycles. The first kappa shape index (κ1) is 18.4. The summed E-state index contributed by atoms with van der Waals surface area (Å²) in [6.45, 7) is 2.32. The Morgan fingerprint density at radius 3 is 2.26 bits per heavy atom. The molecule has 0 spiro atoms. The first-order valence-corrected chi connectivity index (χ1v) is 7.27. The second kappa shape index (κ2) is 9.42. The average molecular weight is 323 g/mol. The SMILES string of the molecule is CCNC(=O)NC(=O)C[NH+](C)CC(=O)Nc1ccc(OC)cc1. The van der Waals surface area contributed by atoms with E-state index in [2.05, 4.69) is 16.0 Å². The van der Waals surface area contributed by atoms with Crippen LogP contribution < -0.4 is 25.6 Å². The van der Waals surface area contributed by atoms with Gasteiger partial charge in [0.1, 0.15) is 5.75 Å². The van der Waals surface area contributed by atoms with Crippen LogP contribution in [0.5, 0.6) is 5.75 Å². The molecule has 4 N–H and O–H groups in total. The highest BCUT2D eigenvalue weighted by Gasteiger charge is 2.15. The summed E-state index contributed by atoms with van der Waals surface area (Å²) in [5, 5.41) is 7.39. The molecule has 8 nitrogen and oxygen atoms in total. The fourth-order valence-electron chi connectivity index (χ4n) is 1.87. The predicted molar refractivity (Wildman–Crippen MR) is 85.5 cm³/mol. The van der Waals surface area contributed by atoms with E-state index >= 15 is 0 Å². The summed E-state index contributed by atoms with van der Waals surface area (Å²) in [7, 11) is 3.27. The molecule has 0 bridgehead atoms. The Hall–Kier alpha value is -2.61. The summed E-state index contributed by atoms with van der Waals surface area (Å²) < 4.78 is 5.04. The quantitative estimate of drug-likeness (QED) is 0.517. The topological polar surface area (TPSA) is 101 Å². The molecule has 1 unspecified atom stereocenters. The number of rotatable bonds is 7. The molecule has 0 aliphatic rings. The van der Waals surface area contributed by atoms with Gasteiger partial charge in [0.05, 0.1) is 14.2 Å². The van der Waals surface area contributed by atoms with Crippen molar-refractivity contribution in [2.45, 2.75) is 6.92 Å². The van der Waals surface area contributed by atoms with E-state index in [4.69, 9.17) is 4.74 Å². The molecule has 1 aromatic carbocycles. The number of quaternary nitrogens is 1. The van der Waals surface area contributed by atoms with Gasteiger partial charge >= 0.3 is 6.03 Å². The van der Waals surface area contributed by atoms with Crippen LogP contribution in [0.25, 0.3) is 0 Å². The summed E-state index contributed by atoms with van der Waals surface area (Å²) in [6.07, 6.45) is 0. The van der Waals surface area contributed by atoms with E-state index in [1.165, 1.54) is 0 Å². The van der Waals surface area contributed by atoms with Crippen molar-refractivity contribution in [3.8, 4) is 5.75 Å². The van der Waals surface area contributed by atoms with Gasteiger partial charge in [-0.05, 0) is 31.2 Å². The van der Waals surface area contributed by atoms with Crippen molar-refractivity contribution < 1.29 is 24.0 Å². The minimum Gasteiger partial charge on any atom is -0.497 e. The third kappa shape index (κ3) is 7.28. The average Bonchev–Trinajstić information content (AvgIpc) is 2.47. The molecule has 1 atom stereocenters. The minimum atomic E-state index is -0.534. The molecular weight excluding hydrogens is 300 g/mol. The van der Waals surface area contributed by atoms with Crippen molar-refractivity contribution in [1.29, 1.82) is 0 Å². The van der Waals surface area contributed by atoms with Gasteiger partial charge in [-0.15, -0.1) is 0 Å². The van der Waals surface area contributed by atoms with Crippen molar-refractivity contribution in [1.82, 2.24) is 10.6 Å². The lowest BCUT2D eigenvalue weighted by atomic mass is 10.3. The van der Waals surface area contributed by atoms with Crippen molar-refractivity contribution >= 4 is 23.5 Å². The maximum atomic E-state index is 11.9. The van der Waals surface area contributed by atoms with Gasteiger partial charge in [0.25, 0.3) is 11.8 Å². The first-order valence-electron chi connectivity index (χ1n) is 7.27. The van der Waals surface area contributed by atoms with Crippen molar-refractivity contribution in [3.63, 3.8) is 0 Å². The van der Waals surface area contributed by atoms with Gasteiger partial charge in [-0.25, -0.2) is 4.79 Å². The third-order valence-corrected chi connectivity index (χ3v) is 2.89. The monoisotopic (exact) mass is 323 g/mol. The molecule has 0 aliphatic carbocycles. The lowest BCUT2D eigenvalue weighted by Gasteiger charge is -2.13. The van der Waals surface area contributed by atoms with E-state index in [0.29, 0.717) is 22.9 Å². The molecule has 126 valence electrons. The maximum Gasteiger partial charge on any atom is 0.321 e. The number of nitrogens with one attached hydrogen (secondary N) is 4. The predicted octanol–water partition coefficient (Wildman–Crippen LogP) is -1.01. The van der Waals surface area contributed by atoms with Gasteiger partial charge in [-0.2, -0.15) is 0 Å². The molecular formula is C15H23N4O4+. The second-order valence-electron chi connectivity index (χ2n) is 4.99. The summed E-state index contributed by atoms with van der Waals surface area (Å²) >= 11 is 0. The number of amides is 4. The number of carbonyl (C=O) groups excluding carboxylic acids is 3. The number of urea groups is 1. The number of hydrogen-bond acceptors (Lipinski definition) is 4. The maximum absolute atomic E-state index is 11.9. The molecule has 0 heterocycles. The molecule has 0 saturated carbocycles. The summed E-state index contributed by atoms with van der Waals surface area (Å²) in [6, 6.07) is 6.41. The highest BCUT2D eigenvalue weighted by Crippen LogP contribution is 2.14. The van der Waals surface area contributed by atoms with E-state index in [1.807, 2.05) is 0 Å². The normalized spacial score (nSPS) is 11.3. The van der Waals surface area contributed by atoms with Crippen LogP contribution in [-0.2, 0) is 9.59 Å². The molecule has 8 heteroatoms. The van der Waals surface area contributed by atoms with Crippen LogP contribution in [0.15, 0.2) is 24.3 Å². The van der Waals surface area contributed by atoms with Crippen molar-refractivity contribution in [2.24, 2.45) is 0 Å². The third-order valence-electron chi connectivity index (χ3n) is 2.89. The fourth-order valence-corrected chi connectivity index (χ4v) is 1.87. The van der Waals surface area contributed by atoms with Crippen LogP contribution in [-0.4, -0.2) is 51.6 Å². The number of methoxy groups -OCH3 is 1. The first-order chi connectivity index (χ1) is 10.9. The minimum absolute atomic E-state index is 0.0210. The number of hydrogen-bond donors (Lipinski definition) is 4. The van der Waals surface area contributed by atoms with Crippen LogP contribution in [0.1, 0.15) is 6.92 Å². The van der Waals surface area contributed by atoms with Gasteiger partial charge in [0.2, 0.25) is 0 Å². The molecule has 0 radical (unpaired) electrons. The molecule has 1 aromatic rings. The Balaban J connectivity index is 2.37. The van der Waals surface area contributed by atoms with Crippen LogP contribution >= 0.6 is 0 Å². The van der Waals surface area contributed by atoms with Crippen LogP contribution in [0.3, 0.4) is 0 Å². The molecule has 1 rings (SSSR count). The Labute approximate surface area is 135 Å². The summed E-state index contributed by atoms with van der Waals surface area (Å²) in [4.78, 5) is 35.4. The van der Waals surface area contributed by atoms with Crippen LogP contribution in [0, 0.1) is 0 Å².